The van der Waals surface area contributed by atoms with Crippen molar-refractivity contribution in [1.29, 1.82) is 0 Å². The van der Waals surface area contributed by atoms with Crippen LogP contribution in [0, 0.1) is 12.8 Å². The van der Waals surface area contributed by atoms with Crippen molar-refractivity contribution in [3.63, 3.8) is 0 Å². The molecular formula is C25H30N2O2. The van der Waals surface area contributed by atoms with Gasteiger partial charge in [0.2, 0.25) is 0 Å². The average molecular weight is 391 g/mol. The van der Waals surface area contributed by atoms with Crippen LogP contribution in [0.3, 0.4) is 0 Å². The summed E-state index contributed by atoms with van der Waals surface area (Å²) in [6.07, 6.45) is 2.35. The molecule has 4 rings (SSSR count). The maximum Gasteiger partial charge on any atom is 0.254 e. The third kappa shape index (κ3) is 3.36. The molecule has 1 aromatic heterocycles. The summed E-state index contributed by atoms with van der Waals surface area (Å²) in [7, 11) is 0. The fourth-order valence-electron chi connectivity index (χ4n) is 4.50. The molecule has 3 aromatic rings. The molecule has 2 atom stereocenters. The normalized spacial score (nSPS) is 19.1. The maximum absolute atomic E-state index is 12.8. The first kappa shape index (κ1) is 19.7. The Kier molecular flexibility index (Phi) is 4.99. The molecule has 0 spiro atoms. The topological polar surface area (TPSA) is 56.3 Å². The molecule has 152 valence electrons. The number of β-amino-alcohol motifs (C(OH)–C–C–N with tert-alkyl or cyclic N) is 1. The van der Waals surface area contributed by atoms with E-state index in [0.29, 0.717) is 31.0 Å². The van der Waals surface area contributed by atoms with Gasteiger partial charge in [-0.15, -0.1) is 0 Å². The first-order valence-electron chi connectivity index (χ1n) is 10.5. The van der Waals surface area contributed by atoms with E-state index in [1.807, 2.05) is 12.1 Å². The van der Waals surface area contributed by atoms with Gasteiger partial charge in [-0.3, -0.25) is 4.79 Å². The van der Waals surface area contributed by atoms with Crippen LogP contribution in [-0.4, -0.2) is 40.1 Å². The predicted octanol–water partition coefficient (Wildman–Crippen LogP) is 4.65. The first-order chi connectivity index (χ1) is 13.8. The minimum Gasteiger partial charge on any atom is -0.391 e. The average Bonchev–Trinajstić information content (AvgIpc) is 3.33. The van der Waals surface area contributed by atoms with Crippen molar-refractivity contribution in [1.82, 2.24) is 9.88 Å². The Balaban J connectivity index is 1.74. The number of aliphatic hydroxyl groups is 1. The zero-order valence-corrected chi connectivity index (χ0v) is 17.7. The number of likely N-dealkylation sites (tertiary alicyclic amines) is 1. The van der Waals surface area contributed by atoms with E-state index in [2.05, 4.69) is 69.2 Å². The van der Waals surface area contributed by atoms with E-state index in [1.54, 1.807) is 4.90 Å². The molecule has 0 bridgehead atoms. The standard InChI is InChI=1S/C25H30N2O2/c1-16(2)25(4,19-8-5-17(3)6-9-19)22-14-26-23-13-18(7-10-21(22)23)24(29)27-12-11-20(28)15-27/h5-10,13-14,16,20,26,28H,11-12,15H2,1-4H3. The van der Waals surface area contributed by atoms with Crippen molar-refractivity contribution in [2.75, 3.05) is 13.1 Å². The molecule has 1 amide bonds. The van der Waals surface area contributed by atoms with E-state index in [0.717, 1.165) is 10.9 Å². The van der Waals surface area contributed by atoms with Crippen LogP contribution in [0.25, 0.3) is 10.9 Å². The Labute approximate surface area is 172 Å². The van der Waals surface area contributed by atoms with Gasteiger partial charge in [0.25, 0.3) is 5.91 Å². The van der Waals surface area contributed by atoms with Crippen molar-refractivity contribution in [2.24, 2.45) is 5.92 Å². The highest BCUT2D eigenvalue weighted by atomic mass is 16.3. The molecule has 2 heterocycles. The summed E-state index contributed by atoms with van der Waals surface area (Å²) in [6, 6.07) is 14.7. The first-order valence-corrected chi connectivity index (χ1v) is 10.5. The highest BCUT2D eigenvalue weighted by molar-refractivity contribution is 5.99. The van der Waals surface area contributed by atoms with Gasteiger partial charge in [-0.1, -0.05) is 56.7 Å². The second-order valence-electron chi connectivity index (χ2n) is 8.88. The molecule has 1 saturated heterocycles. The van der Waals surface area contributed by atoms with Crippen molar-refractivity contribution < 1.29 is 9.90 Å². The summed E-state index contributed by atoms with van der Waals surface area (Å²) in [4.78, 5) is 17.9. The number of H-pyrrole nitrogens is 1. The summed E-state index contributed by atoms with van der Waals surface area (Å²) in [5.41, 5.74) is 5.31. The second kappa shape index (κ2) is 7.34. The van der Waals surface area contributed by atoms with Crippen molar-refractivity contribution >= 4 is 16.8 Å². The van der Waals surface area contributed by atoms with Gasteiger partial charge in [-0.25, -0.2) is 0 Å². The van der Waals surface area contributed by atoms with Crippen molar-refractivity contribution in [3.05, 3.63) is 70.9 Å². The monoisotopic (exact) mass is 390 g/mol. The van der Waals surface area contributed by atoms with Crippen LogP contribution in [0.2, 0.25) is 0 Å². The van der Waals surface area contributed by atoms with E-state index in [4.69, 9.17) is 0 Å². The Morgan fingerprint density at radius 2 is 1.93 bits per heavy atom. The number of hydrogen-bond donors (Lipinski definition) is 2. The summed E-state index contributed by atoms with van der Waals surface area (Å²) in [6.45, 7) is 9.97. The third-order valence-electron chi connectivity index (χ3n) is 6.74. The summed E-state index contributed by atoms with van der Waals surface area (Å²) >= 11 is 0. The van der Waals surface area contributed by atoms with Crippen LogP contribution in [-0.2, 0) is 5.41 Å². The Morgan fingerprint density at radius 3 is 2.55 bits per heavy atom. The summed E-state index contributed by atoms with van der Waals surface area (Å²) < 4.78 is 0. The predicted molar refractivity (Wildman–Crippen MR) is 117 cm³/mol. The molecule has 0 saturated carbocycles. The van der Waals surface area contributed by atoms with Gasteiger partial charge in [0, 0.05) is 41.2 Å². The molecule has 2 unspecified atom stereocenters. The molecule has 0 radical (unpaired) electrons. The largest absolute Gasteiger partial charge is 0.391 e. The van der Waals surface area contributed by atoms with Gasteiger partial charge in [0.05, 0.1) is 6.10 Å². The Bertz CT molecular complexity index is 1030. The third-order valence-corrected chi connectivity index (χ3v) is 6.74. The number of benzene rings is 2. The lowest BCUT2D eigenvalue weighted by Gasteiger charge is -2.35. The lowest BCUT2D eigenvalue weighted by atomic mass is 9.68. The maximum atomic E-state index is 12.8. The van der Waals surface area contributed by atoms with E-state index < -0.39 is 6.10 Å². The van der Waals surface area contributed by atoms with E-state index in [9.17, 15) is 9.90 Å². The van der Waals surface area contributed by atoms with Crippen LogP contribution in [0.1, 0.15) is 54.2 Å². The molecule has 1 fully saturated rings. The van der Waals surface area contributed by atoms with E-state index >= 15 is 0 Å². The number of hydrogen-bond acceptors (Lipinski definition) is 2. The number of nitrogens with zero attached hydrogens (tertiary/aromatic N) is 1. The van der Waals surface area contributed by atoms with Crippen LogP contribution < -0.4 is 0 Å². The van der Waals surface area contributed by atoms with Crippen LogP contribution in [0.15, 0.2) is 48.7 Å². The molecule has 4 heteroatoms. The van der Waals surface area contributed by atoms with Crippen molar-refractivity contribution in [2.45, 2.75) is 45.6 Å². The molecule has 29 heavy (non-hydrogen) atoms. The SMILES string of the molecule is Cc1ccc(C(C)(c2c[nH]c3cc(C(=O)N4CCC(O)C4)ccc23)C(C)C)cc1. The highest BCUT2D eigenvalue weighted by Crippen LogP contribution is 2.42. The van der Waals surface area contributed by atoms with E-state index in [-0.39, 0.29) is 11.3 Å². The molecular weight excluding hydrogens is 360 g/mol. The van der Waals surface area contributed by atoms with Gasteiger partial charge in [-0.2, -0.15) is 0 Å². The summed E-state index contributed by atoms with van der Waals surface area (Å²) in [5.74, 6) is 0.390. The number of aromatic amines is 1. The second-order valence-corrected chi connectivity index (χ2v) is 8.88. The number of fused-ring (bicyclic) bond motifs is 1. The quantitative estimate of drug-likeness (QED) is 0.682. The van der Waals surface area contributed by atoms with Crippen LogP contribution in [0.4, 0.5) is 0 Å². The lowest BCUT2D eigenvalue weighted by molar-refractivity contribution is 0.0765. The Morgan fingerprint density at radius 1 is 1.21 bits per heavy atom. The summed E-state index contributed by atoms with van der Waals surface area (Å²) in [5, 5.41) is 10.9. The number of amides is 1. The van der Waals surface area contributed by atoms with Gasteiger partial charge < -0.3 is 15.0 Å². The van der Waals surface area contributed by atoms with Gasteiger partial charge in [-0.05, 0) is 42.5 Å². The molecule has 1 aliphatic rings. The number of aliphatic hydroxyl groups excluding tert-OH is 1. The zero-order chi connectivity index (χ0) is 20.8. The molecule has 1 aliphatic heterocycles. The van der Waals surface area contributed by atoms with E-state index in [1.165, 1.54) is 16.7 Å². The molecule has 0 aliphatic carbocycles. The van der Waals surface area contributed by atoms with Gasteiger partial charge in [0.1, 0.15) is 0 Å². The lowest BCUT2D eigenvalue weighted by Crippen LogP contribution is -2.30. The van der Waals surface area contributed by atoms with Gasteiger partial charge >= 0.3 is 0 Å². The van der Waals surface area contributed by atoms with Crippen molar-refractivity contribution in [3.8, 4) is 0 Å². The number of nitrogens with one attached hydrogen (secondary N) is 1. The molecule has 2 aromatic carbocycles. The van der Waals surface area contributed by atoms with Crippen LogP contribution >= 0.6 is 0 Å². The zero-order valence-electron chi connectivity index (χ0n) is 17.7. The number of aromatic nitrogens is 1. The van der Waals surface area contributed by atoms with Crippen LogP contribution in [0.5, 0.6) is 0 Å². The smallest absolute Gasteiger partial charge is 0.254 e. The number of aryl methyl sites for hydroxylation is 1. The fraction of sp³-hybridized carbons (Fsp3) is 0.400. The Hall–Kier alpha value is -2.59. The molecule has 2 N–H and O–H groups in total. The molecule has 4 nitrogen and oxygen atoms in total. The number of rotatable bonds is 4. The highest BCUT2D eigenvalue weighted by Gasteiger charge is 2.35. The van der Waals surface area contributed by atoms with Gasteiger partial charge in [0.15, 0.2) is 0 Å². The number of carbonyl (C=O) groups excluding carboxylic acids is 1. The minimum atomic E-state index is -0.402. The fourth-order valence-corrected chi connectivity index (χ4v) is 4.50. The number of carbonyl (C=O) groups is 1. The minimum absolute atomic E-state index is 0.00949.